The Morgan fingerprint density at radius 3 is 2.60 bits per heavy atom. The molecule has 3 heterocycles. The highest BCUT2D eigenvalue weighted by atomic mass is 32.2. The molecule has 0 spiro atoms. The van der Waals surface area contributed by atoms with Gasteiger partial charge < -0.3 is 14.4 Å². The molecule has 158 valence electrons. The zero-order valence-corrected chi connectivity index (χ0v) is 17.0. The van der Waals surface area contributed by atoms with Crippen LogP contribution in [-0.4, -0.2) is 42.1 Å². The van der Waals surface area contributed by atoms with Gasteiger partial charge in [-0.05, 0) is 50.2 Å². The average Bonchev–Trinajstić information content (AvgIpc) is 3.21. The number of likely N-dealkylation sites (tertiary alicyclic amines) is 1. The number of nitrogens with zero attached hydrogens (tertiary/aromatic N) is 3. The first-order valence-corrected chi connectivity index (χ1v) is 10.7. The Kier molecular flexibility index (Phi) is 6.06. The molecule has 0 unspecified atom stereocenters. The van der Waals surface area contributed by atoms with Gasteiger partial charge >= 0.3 is 6.18 Å². The molecule has 4 rings (SSSR count). The summed E-state index contributed by atoms with van der Waals surface area (Å²) in [6, 6.07) is 7.55. The molecule has 1 saturated heterocycles. The Labute approximate surface area is 176 Å². The second-order valence-corrected chi connectivity index (χ2v) is 8.25. The van der Waals surface area contributed by atoms with E-state index in [0.717, 1.165) is 38.5 Å². The number of halogens is 3. The van der Waals surface area contributed by atoms with Gasteiger partial charge in [0.2, 0.25) is 6.79 Å². The van der Waals surface area contributed by atoms with Crippen molar-refractivity contribution in [1.82, 2.24) is 9.88 Å². The topological polar surface area (TPSA) is 58.4 Å². The van der Waals surface area contributed by atoms with Crippen LogP contribution >= 0.6 is 11.8 Å². The van der Waals surface area contributed by atoms with Gasteiger partial charge in [-0.1, -0.05) is 6.42 Å². The lowest BCUT2D eigenvalue weighted by Gasteiger charge is -2.26. The summed E-state index contributed by atoms with van der Waals surface area (Å²) in [6.45, 7) is 2.84. The van der Waals surface area contributed by atoms with E-state index in [1.165, 1.54) is 18.2 Å². The van der Waals surface area contributed by atoms with E-state index >= 15 is 0 Å². The summed E-state index contributed by atoms with van der Waals surface area (Å²) in [4.78, 5) is 6.72. The fourth-order valence-electron chi connectivity index (χ4n) is 3.62. The van der Waals surface area contributed by atoms with Crippen LogP contribution in [-0.2, 0) is 6.18 Å². The highest BCUT2D eigenvalue weighted by Crippen LogP contribution is 2.40. The van der Waals surface area contributed by atoms with E-state index in [9.17, 15) is 18.4 Å². The fourth-order valence-corrected chi connectivity index (χ4v) is 4.62. The second-order valence-electron chi connectivity index (χ2n) is 7.16. The molecule has 1 aromatic carbocycles. The van der Waals surface area contributed by atoms with Crippen molar-refractivity contribution in [3.05, 3.63) is 35.4 Å². The molecule has 5 nitrogen and oxygen atoms in total. The molecule has 0 radical (unpaired) electrons. The van der Waals surface area contributed by atoms with Gasteiger partial charge in [0.1, 0.15) is 11.1 Å². The number of aromatic nitrogens is 1. The van der Waals surface area contributed by atoms with Crippen LogP contribution in [0.4, 0.5) is 13.2 Å². The minimum atomic E-state index is -4.65. The number of nitriles is 1. The smallest absolute Gasteiger partial charge is 0.417 e. The molecular formula is C21H20F3N3O2S. The van der Waals surface area contributed by atoms with Crippen LogP contribution in [0.5, 0.6) is 11.5 Å². The number of fused-ring (bicyclic) bond motifs is 1. The van der Waals surface area contributed by atoms with Gasteiger partial charge in [0.25, 0.3) is 0 Å². The number of thioether (sulfide) groups is 1. The zero-order chi connectivity index (χ0) is 21.1. The molecule has 0 saturated carbocycles. The van der Waals surface area contributed by atoms with Gasteiger partial charge in [-0.2, -0.15) is 18.4 Å². The third-order valence-electron chi connectivity index (χ3n) is 5.17. The molecule has 2 aliphatic heterocycles. The Bertz CT molecular complexity index is 969. The summed E-state index contributed by atoms with van der Waals surface area (Å²) in [5.74, 6) is 1.58. The lowest BCUT2D eigenvalue weighted by molar-refractivity contribution is -0.138. The number of hydrogen-bond donors (Lipinski definition) is 0. The number of benzene rings is 1. The van der Waals surface area contributed by atoms with Gasteiger partial charge in [0, 0.05) is 17.9 Å². The maximum Gasteiger partial charge on any atom is 0.417 e. The van der Waals surface area contributed by atoms with E-state index in [0.29, 0.717) is 22.8 Å². The quantitative estimate of drug-likeness (QED) is 0.620. The first-order valence-electron chi connectivity index (χ1n) is 9.73. The summed E-state index contributed by atoms with van der Waals surface area (Å²) in [5, 5.41) is 9.56. The van der Waals surface area contributed by atoms with Crippen molar-refractivity contribution < 1.29 is 22.6 Å². The van der Waals surface area contributed by atoms with Crippen LogP contribution in [0, 0.1) is 11.3 Å². The molecule has 0 atom stereocenters. The van der Waals surface area contributed by atoms with Crippen molar-refractivity contribution in [3.63, 3.8) is 0 Å². The summed E-state index contributed by atoms with van der Waals surface area (Å²) in [7, 11) is 0. The van der Waals surface area contributed by atoms with Crippen molar-refractivity contribution in [1.29, 1.82) is 5.26 Å². The van der Waals surface area contributed by atoms with E-state index in [2.05, 4.69) is 9.88 Å². The van der Waals surface area contributed by atoms with Crippen LogP contribution in [0.15, 0.2) is 29.3 Å². The minimum Gasteiger partial charge on any atom is -0.454 e. The molecular weight excluding hydrogens is 415 g/mol. The molecule has 1 aromatic heterocycles. The van der Waals surface area contributed by atoms with Gasteiger partial charge in [-0.3, -0.25) is 0 Å². The number of ether oxygens (including phenoxy) is 2. The lowest BCUT2D eigenvalue weighted by atomic mass is 10.0. The maximum absolute atomic E-state index is 13.7. The van der Waals surface area contributed by atoms with Gasteiger partial charge in [0.15, 0.2) is 11.5 Å². The molecule has 0 aliphatic carbocycles. The first-order chi connectivity index (χ1) is 14.5. The van der Waals surface area contributed by atoms with Crippen LogP contribution < -0.4 is 9.47 Å². The predicted molar refractivity (Wildman–Crippen MR) is 107 cm³/mol. The van der Waals surface area contributed by atoms with Crippen LogP contribution in [0.3, 0.4) is 0 Å². The standard InChI is InChI=1S/C21H20F3N3O2S/c22-21(23,24)16-11-17(14-4-5-18-19(10-14)29-13-28-18)26-20(15(16)12-25)30-9-8-27-6-2-1-3-7-27/h4-5,10-11H,1-3,6-9,13H2. The number of rotatable bonds is 5. The van der Waals surface area contributed by atoms with Crippen molar-refractivity contribution in [3.8, 4) is 28.8 Å². The van der Waals surface area contributed by atoms with Crippen molar-refractivity contribution >= 4 is 11.8 Å². The molecule has 30 heavy (non-hydrogen) atoms. The van der Waals surface area contributed by atoms with Crippen molar-refractivity contribution in [2.75, 3.05) is 32.2 Å². The highest BCUT2D eigenvalue weighted by molar-refractivity contribution is 7.99. The third kappa shape index (κ3) is 4.50. The number of pyridine rings is 1. The normalized spacial score (nSPS) is 16.5. The Morgan fingerprint density at radius 2 is 1.87 bits per heavy atom. The monoisotopic (exact) mass is 435 g/mol. The van der Waals surface area contributed by atoms with Crippen LogP contribution in [0.25, 0.3) is 11.3 Å². The first kappa shape index (κ1) is 20.8. The third-order valence-corrected chi connectivity index (χ3v) is 6.12. The molecule has 1 fully saturated rings. The van der Waals surface area contributed by atoms with E-state index in [4.69, 9.17) is 9.47 Å². The maximum atomic E-state index is 13.7. The average molecular weight is 435 g/mol. The highest BCUT2D eigenvalue weighted by Gasteiger charge is 2.36. The molecule has 2 aromatic rings. The molecule has 0 amide bonds. The summed E-state index contributed by atoms with van der Waals surface area (Å²) >= 11 is 1.20. The fraction of sp³-hybridized carbons (Fsp3) is 0.429. The van der Waals surface area contributed by atoms with E-state index < -0.39 is 17.3 Å². The number of hydrogen-bond acceptors (Lipinski definition) is 6. The van der Waals surface area contributed by atoms with Crippen molar-refractivity contribution in [2.24, 2.45) is 0 Å². The van der Waals surface area contributed by atoms with Crippen LogP contribution in [0.2, 0.25) is 0 Å². The van der Waals surface area contributed by atoms with E-state index in [-0.39, 0.29) is 17.5 Å². The van der Waals surface area contributed by atoms with Crippen LogP contribution in [0.1, 0.15) is 30.4 Å². The van der Waals surface area contributed by atoms with Gasteiger partial charge in [-0.25, -0.2) is 4.98 Å². The molecule has 0 bridgehead atoms. The SMILES string of the molecule is N#Cc1c(C(F)(F)F)cc(-c2ccc3c(c2)OCO3)nc1SCCN1CCCCC1. The van der Waals surface area contributed by atoms with Gasteiger partial charge in [-0.15, -0.1) is 11.8 Å². The second kappa shape index (κ2) is 8.74. The largest absolute Gasteiger partial charge is 0.454 e. The predicted octanol–water partition coefficient (Wildman–Crippen LogP) is 4.95. The number of piperidine rings is 1. The van der Waals surface area contributed by atoms with E-state index in [1.54, 1.807) is 24.3 Å². The van der Waals surface area contributed by atoms with E-state index in [1.807, 2.05) is 0 Å². The molecule has 2 aliphatic rings. The zero-order valence-electron chi connectivity index (χ0n) is 16.2. The Balaban J connectivity index is 1.65. The molecule has 9 heteroatoms. The summed E-state index contributed by atoms with van der Waals surface area (Å²) < 4.78 is 51.7. The summed E-state index contributed by atoms with van der Waals surface area (Å²) in [5.41, 5.74) is -0.754. The Morgan fingerprint density at radius 1 is 1.10 bits per heavy atom. The molecule has 0 N–H and O–H groups in total. The van der Waals surface area contributed by atoms with Gasteiger partial charge in [0.05, 0.1) is 16.8 Å². The van der Waals surface area contributed by atoms with Crippen molar-refractivity contribution in [2.45, 2.75) is 30.5 Å². The minimum absolute atomic E-state index is 0.0744. The summed E-state index contributed by atoms with van der Waals surface area (Å²) in [6.07, 6.45) is -1.15. The number of alkyl halides is 3. The lowest BCUT2D eigenvalue weighted by Crippen LogP contribution is -2.31. The Hall–Kier alpha value is -2.44.